The number of amides is 1. The van der Waals surface area contributed by atoms with Crippen LogP contribution in [0.3, 0.4) is 0 Å². The van der Waals surface area contributed by atoms with Crippen molar-refractivity contribution in [3.05, 3.63) is 70.5 Å². The summed E-state index contributed by atoms with van der Waals surface area (Å²) in [5, 5.41) is 13.1. The van der Waals surface area contributed by atoms with Crippen LogP contribution in [-0.4, -0.2) is 27.5 Å². The molecule has 2 aromatic carbocycles. The van der Waals surface area contributed by atoms with Crippen LogP contribution in [-0.2, 0) is 6.42 Å². The largest absolute Gasteiger partial charge is 0.508 e. The lowest BCUT2D eigenvalue weighted by Gasteiger charge is -2.14. The van der Waals surface area contributed by atoms with Crippen LogP contribution < -0.4 is 5.32 Å². The highest BCUT2D eigenvalue weighted by Gasteiger charge is 2.26. The van der Waals surface area contributed by atoms with Crippen LogP contribution in [0.5, 0.6) is 5.75 Å². The number of hydrogen-bond acceptors (Lipinski definition) is 3. The molecular weight excluding hydrogens is 338 g/mol. The summed E-state index contributed by atoms with van der Waals surface area (Å²) in [5.41, 5.74) is 3.19. The molecule has 0 spiro atoms. The lowest BCUT2D eigenvalue weighted by atomic mass is 9.94. The van der Waals surface area contributed by atoms with E-state index in [0.717, 1.165) is 16.8 Å². The number of benzene rings is 2. The van der Waals surface area contributed by atoms with E-state index in [1.54, 1.807) is 24.3 Å². The average molecular weight is 354 g/mol. The van der Waals surface area contributed by atoms with Gasteiger partial charge in [-0.1, -0.05) is 23.7 Å². The lowest BCUT2D eigenvalue weighted by molar-refractivity contribution is 0.0950. The summed E-state index contributed by atoms with van der Waals surface area (Å²) in [6, 6.07) is 14.4. The smallest absolute Gasteiger partial charge is 0.271 e. The second-order valence-electron chi connectivity index (χ2n) is 6.12. The van der Waals surface area contributed by atoms with Gasteiger partial charge in [0.15, 0.2) is 0 Å². The molecule has 1 aliphatic heterocycles. The Morgan fingerprint density at radius 3 is 2.52 bits per heavy atom. The molecule has 1 atom stereocenters. The number of carbonyl (C=O) groups excluding carboxylic acids is 1. The monoisotopic (exact) mass is 353 g/mol. The molecule has 0 fully saturated rings. The topological polar surface area (TPSA) is 78.0 Å². The van der Waals surface area contributed by atoms with Crippen LogP contribution in [0, 0.1) is 0 Å². The molecule has 3 aromatic rings. The van der Waals surface area contributed by atoms with E-state index < -0.39 is 0 Å². The zero-order valence-corrected chi connectivity index (χ0v) is 14.0. The quantitative estimate of drug-likeness (QED) is 0.659. The predicted octanol–water partition coefficient (Wildman–Crippen LogP) is 3.51. The summed E-state index contributed by atoms with van der Waals surface area (Å²) < 4.78 is 0. The molecule has 0 bridgehead atoms. The molecule has 3 N–H and O–H groups in total. The maximum Gasteiger partial charge on any atom is 0.271 e. The number of fused-ring (bicyclic) bond motifs is 1. The minimum atomic E-state index is -0.173. The van der Waals surface area contributed by atoms with Crippen molar-refractivity contribution in [2.75, 3.05) is 6.54 Å². The molecule has 126 valence electrons. The molecule has 25 heavy (non-hydrogen) atoms. The number of nitrogens with zero attached hydrogens (tertiary/aromatic N) is 1. The number of imidazole rings is 1. The number of hydrogen-bond donors (Lipinski definition) is 3. The second kappa shape index (κ2) is 6.26. The predicted molar refractivity (Wildman–Crippen MR) is 95.9 cm³/mol. The highest BCUT2D eigenvalue weighted by atomic mass is 35.5. The van der Waals surface area contributed by atoms with E-state index in [-0.39, 0.29) is 17.6 Å². The minimum absolute atomic E-state index is 0.149. The zero-order valence-electron chi connectivity index (χ0n) is 13.3. The van der Waals surface area contributed by atoms with Crippen LogP contribution >= 0.6 is 11.6 Å². The molecule has 0 radical (unpaired) electrons. The van der Waals surface area contributed by atoms with E-state index in [0.29, 0.717) is 29.5 Å². The Balaban J connectivity index is 1.68. The molecule has 0 aliphatic carbocycles. The molecule has 0 saturated heterocycles. The Morgan fingerprint density at radius 1 is 1.08 bits per heavy atom. The Morgan fingerprint density at radius 2 is 1.80 bits per heavy atom. The van der Waals surface area contributed by atoms with Gasteiger partial charge in [-0.2, -0.15) is 0 Å². The van der Waals surface area contributed by atoms with Crippen molar-refractivity contribution in [3.8, 4) is 17.1 Å². The number of halogens is 1. The molecular formula is C19H16ClN3O2. The van der Waals surface area contributed by atoms with Gasteiger partial charge in [0.25, 0.3) is 5.91 Å². The fourth-order valence-electron chi connectivity index (χ4n) is 3.09. The number of H-pyrrole nitrogens is 1. The molecule has 1 aliphatic rings. The van der Waals surface area contributed by atoms with Gasteiger partial charge in [0.1, 0.15) is 17.3 Å². The number of phenolic OH excluding ortho intramolecular Hbond substituents is 1. The van der Waals surface area contributed by atoms with Gasteiger partial charge >= 0.3 is 0 Å². The van der Waals surface area contributed by atoms with Gasteiger partial charge in [-0.3, -0.25) is 4.79 Å². The molecule has 6 heteroatoms. The first-order valence-corrected chi connectivity index (χ1v) is 8.40. The van der Waals surface area contributed by atoms with Crippen molar-refractivity contribution >= 4 is 17.5 Å². The Bertz CT molecular complexity index is 917. The molecule has 0 saturated carbocycles. The number of nitrogens with one attached hydrogen (secondary N) is 2. The van der Waals surface area contributed by atoms with Crippen molar-refractivity contribution in [2.24, 2.45) is 0 Å². The van der Waals surface area contributed by atoms with Crippen LogP contribution in [0.1, 0.15) is 27.7 Å². The summed E-state index contributed by atoms with van der Waals surface area (Å²) in [6.07, 6.45) is 0.681. The highest BCUT2D eigenvalue weighted by molar-refractivity contribution is 6.30. The molecule has 1 amide bonds. The average Bonchev–Trinajstić information content (AvgIpc) is 2.97. The van der Waals surface area contributed by atoms with E-state index in [4.69, 9.17) is 11.6 Å². The first-order chi connectivity index (χ1) is 12.1. The van der Waals surface area contributed by atoms with E-state index >= 15 is 0 Å². The molecule has 4 rings (SSSR count). The Labute approximate surface area is 149 Å². The van der Waals surface area contributed by atoms with Crippen LogP contribution in [0.25, 0.3) is 11.4 Å². The van der Waals surface area contributed by atoms with Crippen molar-refractivity contribution in [3.63, 3.8) is 0 Å². The maximum absolute atomic E-state index is 12.4. The van der Waals surface area contributed by atoms with Gasteiger partial charge in [0, 0.05) is 28.7 Å². The fourth-order valence-corrected chi connectivity index (χ4v) is 3.22. The number of aromatic nitrogens is 2. The van der Waals surface area contributed by atoms with E-state index in [9.17, 15) is 9.90 Å². The third kappa shape index (κ3) is 3.10. The Kier molecular flexibility index (Phi) is 3.93. The fraction of sp³-hybridized carbons (Fsp3) is 0.158. The van der Waals surface area contributed by atoms with Gasteiger partial charge in [-0.25, -0.2) is 4.98 Å². The van der Waals surface area contributed by atoms with Crippen LogP contribution in [0.4, 0.5) is 0 Å². The van der Waals surface area contributed by atoms with Crippen molar-refractivity contribution in [2.45, 2.75) is 12.3 Å². The summed E-state index contributed by atoms with van der Waals surface area (Å²) in [7, 11) is 0. The standard InChI is InChI=1S/C19H16ClN3O2/c20-14-5-1-11(2-6-14)13-9-16-17(19(25)21-10-13)23-18(22-16)12-3-7-15(24)8-4-12/h1-8,13,24H,9-10H2,(H,21,25)(H,22,23). The molecule has 5 nitrogen and oxygen atoms in total. The molecule has 1 unspecified atom stereocenters. The number of carbonyl (C=O) groups is 1. The van der Waals surface area contributed by atoms with E-state index in [2.05, 4.69) is 15.3 Å². The second-order valence-corrected chi connectivity index (χ2v) is 6.56. The number of rotatable bonds is 2. The summed E-state index contributed by atoms with van der Waals surface area (Å²) >= 11 is 5.97. The summed E-state index contributed by atoms with van der Waals surface area (Å²) in [6.45, 7) is 0.555. The van der Waals surface area contributed by atoms with Gasteiger partial charge in [0.05, 0.1) is 0 Å². The normalized spacial score (nSPS) is 16.8. The number of aromatic amines is 1. The number of phenols is 1. The first-order valence-electron chi connectivity index (χ1n) is 8.02. The third-order valence-corrected chi connectivity index (χ3v) is 4.69. The van der Waals surface area contributed by atoms with Crippen molar-refractivity contribution < 1.29 is 9.90 Å². The van der Waals surface area contributed by atoms with Crippen molar-refractivity contribution in [1.29, 1.82) is 0 Å². The van der Waals surface area contributed by atoms with Gasteiger partial charge < -0.3 is 15.4 Å². The maximum atomic E-state index is 12.4. The van der Waals surface area contributed by atoms with Crippen LogP contribution in [0.2, 0.25) is 5.02 Å². The zero-order chi connectivity index (χ0) is 17.4. The first kappa shape index (κ1) is 15.7. The minimum Gasteiger partial charge on any atom is -0.508 e. The third-order valence-electron chi connectivity index (χ3n) is 4.44. The number of aromatic hydroxyl groups is 1. The highest BCUT2D eigenvalue weighted by Crippen LogP contribution is 2.28. The Hall–Kier alpha value is -2.79. The molecule has 2 heterocycles. The summed E-state index contributed by atoms with van der Waals surface area (Å²) in [4.78, 5) is 20.1. The van der Waals surface area contributed by atoms with E-state index in [1.807, 2.05) is 24.3 Å². The van der Waals surface area contributed by atoms with Gasteiger partial charge in [0.2, 0.25) is 0 Å². The summed E-state index contributed by atoms with van der Waals surface area (Å²) in [5.74, 6) is 0.789. The van der Waals surface area contributed by atoms with E-state index in [1.165, 1.54) is 0 Å². The van der Waals surface area contributed by atoms with Crippen molar-refractivity contribution in [1.82, 2.24) is 15.3 Å². The van der Waals surface area contributed by atoms with Gasteiger partial charge in [-0.15, -0.1) is 0 Å². The molecule has 1 aromatic heterocycles. The van der Waals surface area contributed by atoms with Gasteiger partial charge in [-0.05, 0) is 48.4 Å². The SMILES string of the molecule is O=C1NCC(c2ccc(Cl)cc2)Cc2[nH]c(-c3ccc(O)cc3)nc21. The lowest BCUT2D eigenvalue weighted by Crippen LogP contribution is -2.26. The van der Waals surface area contributed by atoms with Crippen LogP contribution in [0.15, 0.2) is 48.5 Å².